The van der Waals surface area contributed by atoms with Gasteiger partial charge in [-0.1, -0.05) is 30.3 Å². The van der Waals surface area contributed by atoms with Gasteiger partial charge in [-0.2, -0.15) is 0 Å². The van der Waals surface area contributed by atoms with E-state index in [1.54, 1.807) is 19.1 Å². The van der Waals surface area contributed by atoms with E-state index < -0.39 is 16.9 Å². The molecule has 0 aliphatic rings. The standard InChI is InChI=1S/C17H16N2O5/c1-11(18-16(20)9-12-5-3-2-4-6-12)14-10-13(17(21)22)7-8-15(14)19(23)24/h2-8,10-11H,9H2,1H3,(H,18,20)(H,21,22). The molecule has 2 N–H and O–H groups in total. The predicted molar refractivity (Wildman–Crippen MR) is 86.8 cm³/mol. The van der Waals surface area contributed by atoms with Crippen LogP contribution in [0.15, 0.2) is 48.5 Å². The second kappa shape index (κ2) is 7.36. The van der Waals surface area contributed by atoms with E-state index in [9.17, 15) is 19.7 Å². The van der Waals surface area contributed by atoms with Gasteiger partial charge in [0.05, 0.1) is 28.5 Å². The van der Waals surface area contributed by atoms with Gasteiger partial charge in [-0.05, 0) is 24.6 Å². The van der Waals surface area contributed by atoms with Crippen LogP contribution in [-0.2, 0) is 11.2 Å². The molecule has 0 saturated heterocycles. The lowest BCUT2D eigenvalue weighted by Gasteiger charge is -2.15. The maximum atomic E-state index is 12.1. The highest BCUT2D eigenvalue weighted by molar-refractivity contribution is 5.88. The summed E-state index contributed by atoms with van der Waals surface area (Å²) in [6.45, 7) is 1.58. The molecule has 2 aromatic carbocycles. The number of carboxylic acids is 1. The van der Waals surface area contributed by atoms with E-state index in [4.69, 9.17) is 5.11 Å². The van der Waals surface area contributed by atoms with Gasteiger partial charge in [-0.15, -0.1) is 0 Å². The maximum Gasteiger partial charge on any atom is 0.335 e. The smallest absolute Gasteiger partial charge is 0.335 e. The normalized spacial score (nSPS) is 11.5. The molecule has 0 bridgehead atoms. The number of nitro benzene ring substituents is 1. The van der Waals surface area contributed by atoms with Crippen LogP contribution in [0.25, 0.3) is 0 Å². The summed E-state index contributed by atoms with van der Waals surface area (Å²) in [5.41, 5.74) is 0.671. The summed E-state index contributed by atoms with van der Waals surface area (Å²) in [7, 11) is 0. The summed E-state index contributed by atoms with van der Waals surface area (Å²) in [6, 6.07) is 11.9. The molecule has 0 spiro atoms. The van der Waals surface area contributed by atoms with Crippen LogP contribution in [0.2, 0.25) is 0 Å². The number of nitrogens with zero attached hydrogens (tertiary/aromatic N) is 1. The van der Waals surface area contributed by atoms with Gasteiger partial charge in [-0.25, -0.2) is 4.79 Å². The van der Waals surface area contributed by atoms with E-state index in [0.717, 1.165) is 11.6 Å². The molecule has 2 aromatic rings. The Morgan fingerprint density at radius 2 is 1.88 bits per heavy atom. The molecule has 0 fully saturated rings. The molecule has 0 heterocycles. The van der Waals surface area contributed by atoms with Crippen molar-refractivity contribution in [1.82, 2.24) is 5.32 Å². The van der Waals surface area contributed by atoms with Crippen molar-refractivity contribution < 1.29 is 19.6 Å². The van der Waals surface area contributed by atoms with Gasteiger partial charge in [0.2, 0.25) is 5.91 Å². The molecule has 1 atom stereocenters. The zero-order valence-corrected chi connectivity index (χ0v) is 12.9. The highest BCUT2D eigenvalue weighted by Crippen LogP contribution is 2.26. The van der Waals surface area contributed by atoms with E-state index in [1.165, 1.54) is 12.1 Å². The molecule has 2 rings (SSSR count). The van der Waals surface area contributed by atoms with Crippen LogP contribution in [0.1, 0.15) is 34.5 Å². The lowest BCUT2D eigenvalue weighted by atomic mass is 10.0. The SMILES string of the molecule is CC(NC(=O)Cc1ccccc1)c1cc(C(=O)O)ccc1[N+](=O)[O-]. The van der Waals surface area contributed by atoms with E-state index in [-0.39, 0.29) is 29.1 Å². The first-order valence-corrected chi connectivity index (χ1v) is 7.23. The third kappa shape index (κ3) is 4.16. The fourth-order valence-corrected chi connectivity index (χ4v) is 2.35. The van der Waals surface area contributed by atoms with Crippen LogP contribution in [0.3, 0.4) is 0 Å². The number of carboxylic acid groups (broad SMARTS) is 1. The van der Waals surface area contributed by atoms with E-state index in [2.05, 4.69) is 5.32 Å². The van der Waals surface area contributed by atoms with Gasteiger partial charge in [0.15, 0.2) is 0 Å². The Labute approximate surface area is 138 Å². The second-order valence-electron chi connectivity index (χ2n) is 5.29. The number of nitrogens with one attached hydrogen (secondary N) is 1. The van der Waals surface area contributed by atoms with Crippen LogP contribution in [-0.4, -0.2) is 21.9 Å². The van der Waals surface area contributed by atoms with Gasteiger partial charge in [0.1, 0.15) is 0 Å². The summed E-state index contributed by atoms with van der Waals surface area (Å²) >= 11 is 0. The Bertz CT molecular complexity index is 774. The fourth-order valence-electron chi connectivity index (χ4n) is 2.35. The Hall–Kier alpha value is -3.22. The van der Waals surface area contributed by atoms with Crippen LogP contribution in [0, 0.1) is 10.1 Å². The Kier molecular flexibility index (Phi) is 5.26. The fraction of sp³-hybridized carbons (Fsp3) is 0.176. The van der Waals surface area contributed by atoms with Gasteiger partial charge in [-0.3, -0.25) is 14.9 Å². The Balaban J connectivity index is 2.20. The van der Waals surface area contributed by atoms with Crippen LogP contribution >= 0.6 is 0 Å². The minimum absolute atomic E-state index is 0.0697. The number of carbonyl (C=O) groups excluding carboxylic acids is 1. The molecule has 1 unspecified atom stereocenters. The molecule has 0 saturated carbocycles. The zero-order chi connectivity index (χ0) is 17.7. The van der Waals surface area contributed by atoms with Crippen molar-refractivity contribution in [3.63, 3.8) is 0 Å². The molecule has 7 nitrogen and oxygen atoms in total. The third-order valence-electron chi connectivity index (χ3n) is 3.52. The van der Waals surface area contributed by atoms with E-state index >= 15 is 0 Å². The highest BCUT2D eigenvalue weighted by Gasteiger charge is 2.22. The highest BCUT2D eigenvalue weighted by atomic mass is 16.6. The number of hydrogen-bond acceptors (Lipinski definition) is 4. The monoisotopic (exact) mass is 328 g/mol. The number of rotatable bonds is 6. The van der Waals surface area contributed by atoms with Crippen LogP contribution in [0.4, 0.5) is 5.69 Å². The van der Waals surface area contributed by atoms with Gasteiger partial charge in [0, 0.05) is 6.07 Å². The molecule has 124 valence electrons. The maximum absolute atomic E-state index is 12.1. The van der Waals surface area contributed by atoms with Gasteiger partial charge in [0.25, 0.3) is 5.69 Å². The number of benzene rings is 2. The Morgan fingerprint density at radius 1 is 1.21 bits per heavy atom. The molecule has 24 heavy (non-hydrogen) atoms. The molecular weight excluding hydrogens is 312 g/mol. The van der Waals surface area contributed by atoms with Crippen LogP contribution < -0.4 is 5.32 Å². The lowest BCUT2D eigenvalue weighted by molar-refractivity contribution is -0.385. The van der Waals surface area contributed by atoms with Crippen molar-refractivity contribution in [1.29, 1.82) is 0 Å². The molecule has 0 aliphatic carbocycles. The van der Waals surface area contributed by atoms with Gasteiger partial charge >= 0.3 is 5.97 Å². The summed E-state index contributed by atoms with van der Waals surface area (Å²) in [5, 5.41) is 22.8. The van der Waals surface area contributed by atoms with Crippen molar-refractivity contribution in [2.24, 2.45) is 0 Å². The quantitative estimate of drug-likeness (QED) is 0.626. The topological polar surface area (TPSA) is 110 Å². The summed E-state index contributed by atoms with van der Waals surface area (Å²) < 4.78 is 0. The van der Waals surface area contributed by atoms with Crippen molar-refractivity contribution in [2.45, 2.75) is 19.4 Å². The Morgan fingerprint density at radius 3 is 2.46 bits per heavy atom. The predicted octanol–water partition coefficient (Wildman–Crippen LogP) is 2.71. The molecule has 0 aliphatic heterocycles. The minimum Gasteiger partial charge on any atom is -0.478 e. The zero-order valence-electron chi connectivity index (χ0n) is 12.9. The molecule has 1 amide bonds. The van der Waals surface area contributed by atoms with Crippen molar-refractivity contribution in [3.05, 3.63) is 75.3 Å². The number of hydrogen-bond donors (Lipinski definition) is 2. The van der Waals surface area contributed by atoms with Crippen LogP contribution in [0.5, 0.6) is 0 Å². The first-order valence-electron chi connectivity index (χ1n) is 7.23. The average molecular weight is 328 g/mol. The average Bonchev–Trinajstić information content (AvgIpc) is 2.54. The largest absolute Gasteiger partial charge is 0.478 e. The summed E-state index contributed by atoms with van der Waals surface area (Å²) in [6.07, 6.45) is 0.137. The molecule has 0 radical (unpaired) electrons. The lowest BCUT2D eigenvalue weighted by Crippen LogP contribution is -2.28. The number of aromatic carboxylic acids is 1. The summed E-state index contributed by atoms with van der Waals surface area (Å²) in [4.78, 5) is 33.7. The minimum atomic E-state index is -1.19. The van der Waals surface area contributed by atoms with Crippen molar-refractivity contribution in [2.75, 3.05) is 0 Å². The number of amides is 1. The van der Waals surface area contributed by atoms with Crippen molar-refractivity contribution >= 4 is 17.6 Å². The third-order valence-corrected chi connectivity index (χ3v) is 3.52. The number of carbonyl (C=O) groups is 2. The number of nitro groups is 1. The molecule has 7 heteroatoms. The second-order valence-corrected chi connectivity index (χ2v) is 5.29. The molecule has 0 aromatic heterocycles. The van der Waals surface area contributed by atoms with Gasteiger partial charge < -0.3 is 10.4 Å². The van der Waals surface area contributed by atoms with E-state index in [1.807, 2.05) is 18.2 Å². The first kappa shape index (κ1) is 17.1. The van der Waals surface area contributed by atoms with Crippen molar-refractivity contribution in [3.8, 4) is 0 Å². The molecular formula is C17H16N2O5. The summed E-state index contributed by atoms with van der Waals surface area (Å²) in [5.74, 6) is -1.49. The first-order chi connectivity index (χ1) is 11.4. The van der Waals surface area contributed by atoms with E-state index in [0.29, 0.717) is 0 Å².